The molecule has 2 N–H and O–H groups in total. The lowest BCUT2D eigenvalue weighted by Crippen LogP contribution is -2.50. The third-order valence-corrected chi connectivity index (χ3v) is 4.73. The maximum absolute atomic E-state index is 6.60. The summed E-state index contributed by atoms with van der Waals surface area (Å²) in [4.78, 5) is 0. The van der Waals surface area contributed by atoms with Gasteiger partial charge >= 0.3 is 0 Å². The topological polar surface area (TPSA) is 35.2 Å². The molecule has 92 valence electrons. The van der Waals surface area contributed by atoms with Gasteiger partial charge in [0.1, 0.15) is 0 Å². The molecule has 1 heterocycles. The van der Waals surface area contributed by atoms with Gasteiger partial charge in [0.05, 0.1) is 6.10 Å². The van der Waals surface area contributed by atoms with E-state index in [4.69, 9.17) is 10.5 Å². The number of halogens is 1. The molecule has 2 unspecified atom stereocenters. The largest absolute Gasteiger partial charge is 0.376 e. The lowest BCUT2D eigenvalue weighted by molar-refractivity contribution is 0.0626. The molecule has 1 aromatic rings. The summed E-state index contributed by atoms with van der Waals surface area (Å²) in [6.07, 6.45) is 4.75. The van der Waals surface area contributed by atoms with Gasteiger partial charge in [0, 0.05) is 16.6 Å². The Bertz CT molecular complexity index is 418. The highest BCUT2D eigenvalue weighted by atomic mass is 79.9. The number of hydrogen-bond acceptors (Lipinski definition) is 2. The number of benzene rings is 1. The minimum Gasteiger partial charge on any atom is -0.376 e. The second-order valence-electron chi connectivity index (χ2n) is 5.38. The van der Waals surface area contributed by atoms with Crippen LogP contribution in [0.2, 0.25) is 0 Å². The predicted octanol–water partition coefficient (Wildman–Crippen LogP) is 2.89. The van der Waals surface area contributed by atoms with Crippen molar-refractivity contribution in [2.75, 3.05) is 6.61 Å². The summed E-state index contributed by atoms with van der Waals surface area (Å²) in [5, 5.41) is 0. The first kappa shape index (κ1) is 11.7. The average Bonchev–Trinajstić information content (AvgIpc) is 3.07. The Morgan fingerprint density at radius 1 is 1.35 bits per heavy atom. The van der Waals surface area contributed by atoms with Crippen molar-refractivity contribution in [3.63, 3.8) is 0 Å². The molecule has 2 atom stereocenters. The minimum absolute atomic E-state index is 0.162. The SMILES string of the molecule is NC1(Cc2ccccc2Br)CCOC1C1CC1. The summed E-state index contributed by atoms with van der Waals surface area (Å²) >= 11 is 3.60. The fourth-order valence-corrected chi connectivity index (χ4v) is 3.30. The van der Waals surface area contributed by atoms with E-state index in [1.165, 1.54) is 18.4 Å². The lowest BCUT2D eigenvalue weighted by Gasteiger charge is -2.30. The fourth-order valence-electron chi connectivity index (χ4n) is 2.87. The first-order valence-electron chi connectivity index (χ1n) is 6.33. The molecule has 3 heteroatoms. The highest BCUT2D eigenvalue weighted by Gasteiger charge is 2.48. The van der Waals surface area contributed by atoms with Crippen molar-refractivity contribution < 1.29 is 4.74 Å². The van der Waals surface area contributed by atoms with Crippen molar-refractivity contribution in [1.82, 2.24) is 0 Å². The van der Waals surface area contributed by atoms with Crippen molar-refractivity contribution in [2.24, 2.45) is 11.7 Å². The minimum atomic E-state index is -0.162. The van der Waals surface area contributed by atoms with Crippen LogP contribution in [0.5, 0.6) is 0 Å². The van der Waals surface area contributed by atoms with E-state index in [1.807, 2.05) is 6.07 Å². The van der Waals surface area contributed by atoms with Gasteiger partial charge in [0.15, 0.2) is 0 Å². The summed E-state index contributed by atoms with van der Waals surface area (Å²) in [6.45, 7) is 0.822. The smallest absolute Gasteiger partial charge is 0.0786 e. The maximum atomic E-state index is 6.60. The van der Waals surface area contributed by atoms with Crippen molar-refractivity contribution in [1.29, 1.82) is 0 Å². The summed E-state index contributed by atoms with van der Waals surface area (Å²) in [6, 6.07) is 8.35. The van der Waals surface area contributed by atoms with Crippen LogP contribution in [0.1, 0.15) is 24.8 Å². The van der Waals surface area contributed by atoms with Gasteiger partial charge in [-0.2, -0.15) is 0 Å². The molecular weight excluding hydrogens is 278 g/mol. The van der Waals surface area contributed by atoms with Crippen molar-refractivity contribution >= 4 is 15.9 Å². The Hall–Kier alpha value is -0.380. The fraction of sp³-hybridized carbons (Fsp3) is 0.571. The van der Waals surface area contributed by atoms with E-state index in [2.05, 4.69) is 34.1 Å². The van der Waals surface area contributed by atoms with Gasteiger partial charge in [-0.05, 0) is 43.2 Å². The van der Waals surface area contributed by atoms with Crippen molar-refractivity contribution in [3.05, 3.63) is 34.3 Å². The number of hydrogen-bond donors (Lipinski definition) is 1. The molecule has 0 amide bonds. The average molecular weight is 296 g/mol. The van der Waals surface area contributed by atoms with Gasteiger partial charge in [-0.1, -0.05) is 34.1 Å². The van der Waals surface area contributed by atoms with Gasteiger partial charge < -0.3 is 10.5 Å². The monoisotopic (exact) mass is 295 g/mol. The van der Waals surface area contributed by atoms with Crippen LogP contribution in [0.25, 0.3) is 0 Å². The predicted molar refractivity (Wildman–Crippen MR) is 71.8 cm³/mol. The second kappa shape index (κ2) is 4.38. The zero-order valence-corrected chi connectivity index (χ0v) is 11.4. The van der Waals surface area contributed by atoms with Crippen molar-refractivity contribution in [2.45, 2.75) is 37.3 Å². The van der Waals surface area contributed by atoms with E-state index >= 15 is 0 Å². The van der Waals surface area contributed by atoms with E-state index < -0.39 is 0 Å². The summed E-state index contributed by atoms with van der Waals surface area (Å²) in [5.41, 5.74) is 7.74. The van der Waals surface area contributed by atoms with Gasteiger partial charge in [-0.25, -0.2) is 0 Å². The van der Waals surface area contributed by atoms with E-state index in [0.29, 0.717) is 5.92 Å². The van der Waals surface area contributed by atoms with Crippen LogP contribution in [-0.2, 0) is 11.2 Å². The molecule has 0 bridgehead atoms. The normalized spacial score (nSPS) is 32.9. The first-order chi connectivity index (χ1) is 8.19. The van der Waals surface area contributed by atoms with Crippen LogP contribution < -0.4 is 5.73 Å². The van der Waals surface area contributed by atoms with E-state index in [9.17, 15) is 0 Å². The third-order valence-electron chi connectivity index (χ3n) is 3.96. The van der Waals surface area contributed by atoms with E-state index in [0.717, 1.165) is 23.9 Å². The van der Waals surface area contributed by atoms with Crippen LogP contribution >= 0.6 is 15.9 Å². The Kier molecular flexibility index (Phi) is 3.01. The molecule has 2 nitrogen and oxygen atoms in total. The molecule has 1 saturated carbocycles. The Balaban J connectivity index is 1.81. The Morgan fingerprint density at radius 2 is 2.12 bits per heavy atom. The standard InChI is InChI=1S/C14H18BrNO/c15-12-4-2-1-3-11(12)9-14(16)7-8-17-13(14)10-5-6-10/h1-4,10,13H,5-9,16H2. The van der Waals surface area contributed by atoms with Gasteiger partial charge in [-0.15, -0.1) is 0 Å². The van der Waals surface area contributed by atoms with Crippen LogP contribution in [0.15, 0.2) is 28.7 Å². The van der Waals surface area contributed by atoms with Crippen molar-refractivity contribution in [3.8, 4) is 0 Å². The molecule has 2 aliphatic rings. The van der Waals surface area contributed by atoms with Crippen LogP contribution in [-0.4, -0.2) is 18.2 Å². The van der Waals surface area contributed by atoms with Crippen LogP contribution in [0, 0.1) is 5.92 Å². The number of ether oxygens (including phenoxy) is 1. The molecule has 0 aromatic heterocycles. The van der Waals surface area contributed by atoms with Gasteiger partial charge in [-0.3, -0.25) is 0 Å². The highest BCUT2D eigenvalue weighted by molar-refractivity contribution is 9.10. The molecular formula is C14H18BrNO. The van der Waals surface area contributed by atoms with E-state index in [1.54, 1.807) is 0 Å². The summed E-state index contributed by atoms with van der Waals surface area (Å²) in [7, 11) is 0. The molecule has 17 heavy (non-hydrogen) atoms. The molecule has 0 radical (unpaired) electrons. The highest BCUT2D eigenvalue weighted by Crippen LogP contribution is 2.43. The Labute approximate surface area is 111 Å². The molecule has 1 aliphatic heterocycles. The summed E-state index contributed by atoms with van der Waals surface area (Å²) < 4.78 is 7.02. The lowest BCUT2D eigenvalue weighted by atomic mass is 9.83. The quantitative estimate of drug-likeness (QED) is 0.931. The van der Waals surface area contributed by atoms with Gasteiger partial charge in [0.25, 0.3) is 0 Å². The molecule has 2 fully saturated rings. The van der Waals surface area contributed by atoms with Gasteiger partial charge in [0.2, 0.25) is 0 Å². The first-order valence-corrected chi connectivity index (χ1v) is 7.12. The molecule has 1 saturated heterocycles. The number of rotatable bonds is 3. The zero-order chi connectivity index (χ0) is 11.9. The van der Waals surface area contributed by atoms with E-state index in [-0.39, 0.29) is 11.6 Å². The molecule has 1 aromatic carbocycles. The third kappa shape index (κ3) is 2.28. The zero-order valence-electron chi connectivity index (χ0n) is 9.86. The molecule has 0 spiro atoms. The second-order valence-corrected chi connectivity index (χ2v) is 6.23. The maximum Gasteiger partial charge on any atom is 0.0786 e. The van der Waals surface area contributed by atoms with Crippen LogP contribution in [0.4, 0.5) is 0 Å². The Morgan fingerprint density at radius 3 is 2.82 bits per heavy atom. The van der Waals surface area contributed by atoms with Crippen LogP contribution in [0.3, 0.4) is 0 Å². The molecule has 1 aliphatic carbocycles. The number of nitrogens with two attached hydrogens (primary N) is 1. The molecule has 3 rings (SSSR count). The summed E-state index contributed by atoms with van der Waals surface area (Å²) in [5.74, 6) is 0.713.